The molecular weight excluding hydrogens is 203 g/mol. The predicted molar refractivity (Wildman–Crippen MR) is 71.4 cm³/mol. The van der Waals surface area contributed by atoms with Gasteiger partial charge in [0, 0.05) is 11.8 Å². The molecule has 0 bridgehead atoms. The van der Waals surface area contributed by atoms with Crippen molar-refractivity contribution in [3.63, 3.8) is 0 Å². The van der Waals surface area contributed by atoms with Crippen LogP contribution in [0.3, 0.4) is 0 Å². The first-order valence-electron chi connectivity index (χ1n) is 6.00. The molecule has 0 aromatic carbocycles. The Bertz CT molecular complexity index is 618. The van der Waals surface area contributed by atoms with Crippen LogP contribution in [-0.2, 0) is 0 Å². The fraction of sp³-hybridized carbons (Fsp3) is 0.125. The summed E-state index contributed by atoms with van der Waals surface area (Å²) in [5.74, 6) is 0.907. The van der Waals surface area contributed by atoms with Crippen molar-refractivity contribution < 1.29 is 0 Å². The lowest BCUT2D eigenvalue weighted by molar-refractivity contribution is 0.563. The Kier molecular flexibility index (Phi) is 1.71. The largest absolute Gasteiger partial charge is 0.114 e. The SMILES string of the molecule is [B]C1=C2C=CC3=CC=CC4=CC=C(C=C1)C2C34. The van der Waals surface area contributed by atoms with Gasteiger partial charge in [0.05, 0.1) is 0 Å². The first-order chi connectivity index (χ1) is 8.34. The molecule has 0 spiro atoms. The average molecular weight is 214 g/mol. The summed E-state index contributed by atoms with van der Waals surface area (Å²) in [4.78, 5) is 0. The molecule has 0 fully saturated rings. The van der Waals surface area contributed by atoms with Crippen molar-refractivity contribution >= 4 is 7.85 Å². The summed E-state index contributed by atoms with van der Waals surface area (Å²) < 4.78 is 0. The van der Waals surface area contributed by atoms with E-state index in [9.17, 15) is 0 Å². The van der Waals surface area contributed by atoms with Crippen LogP contribution in [0.5, 0.6) is 0 Å². The van der Waals surface area contributed by atoms with Crippen molar-refractivity contribution in [3.05, 3.63) is 82.4 Å². The molecule has 0 N–H and O–H groups in total. The molecule has 0 saturated heterocycles. The lowest BCUT2D eigenvalue weighted by Gasteiger charge is -2.40. The van der Waals surface area contributed by atoms with Crippen LogP contribution in [0.1, 0.15) is 0 Å². The summed E-state index contributed by atoms with van der Waals surface area (Å²) in [5, 5.41) is 0. The van der Waals surface area contributed by atoms with E-state index in [4.69, 9.17) is 7.85 Å². The van der Waals surface area contributed by atoms with E-state index < -0.39 is 0 Å². The van der Waals surface area contributed by atoms with Gasteiger partial charge in [-0.25, -0.2) is 0 Å². The molecule has 2 unspecified atom stereocenters. The number of hydrogen-bond acceptors (Lipinski definition) is 0. The fourth-order valence-corrected chi connectivity index (χ4v) is 3.23. The molecule has 0 aliphatic heterocycles. The molecule has 0 saturated carbocycles. The first-order valence-corrected chi connectivity index (χ1v) is 6.00. The van der Waals surface area contributed by atoms with E-state index in [2.05, 4.69) is 48.6 Å². The standard InChI is InChI=1S/C16H11B/c17-14-9-7-12-5-4-10-2-1-3-11-6-8-13(14)16(12)15(10)11/h1-9,15-16H. The van der Waals surface area contributed by atoms with Gasteiger partial charge >= 0.3 is 0 Å². The Morgan fingerprint density at radius 3 is 2.29 bits per heavy atom. The van der Waals surface area contributed by atoms with Crippen LogP contribution in [0.25, 0.3) is 0 Å². The molecular formula is C16H11B. The van der Waals surface area contributed by atoms with Gasteiger partial charge in [-0.15, -0.1) is 0 Å². The monoisotopic (exact) mass is 214 g/mol. The number of allylic oxidation sites excluding steroid dienone is 14. The molecule has 0 heterocycles. The van der Waals surface area contributed by atoms with Gasteiger partial charge in [-0.1, -0.05) is 60.2 Å². The zero-order valence-corrected chi connectivity index (χ0v) is 9.43. The molecule has 17 heavy (non-hydrogen) atoms. The second-order valence-corrected chi connectivity index (χ2v) is 4.89. The van der Waals surface area contributed by atoms with E-state index in [-0.39, 0.29) is 0 Å². The molecule has 2 atom stereocenters. The number of rotatable bonds is 0. The fourth-order valence-electron chi connectivity index (χ4n) is 3.23. The Labute approximate surface area is 103 Å². The molecule has 0 amide bonds. The van der Waals surface area contributed by atoms with Crippen LogP contribution >= 0.6 is 0 Å². The van der Waals surface area contributed by atoms with E-state index in [1.54, 1.807) is 0 Å². The van der Waals surface area contributed by atoms with E-state index in [0.717, 1.165) is 5.47 Å². The lowest BCUT2D eigenvalue weighted by Crippen LogP contribution is -2.29. The minimum absolute atomic E-state index is 0.432. The summed E-state index contributed by atoms with van der Waals surface area (Å²) in [6, 6.07) is 0. The lowest BCUT2D eigenvalue weighted by atomic mass is 9.62. The highest BCUT2D eigenvalue weighted by molar-refractivity contribution is 6.24. The van der Waals surface area contributed by atoms with Gasteiger partial charge in [0.15, 0.2) is 0 Å². The molecule has 4 rings (SSSR count). The van der Waals surface area contributed by atoms with Crippen molar-refractivity contribution in [1.82, 2.24) is 0 Å². The molecule has 4 aliphatic rings. The van der Waals surface area contributed by atoms with Crippen LogP contribution in [0, 0.1) is 11.8 Å². The number of hydrogen-bond donors (Lipinski definition) is 0. The average Bonchev–Trinajstić information content (AvgIpc) is 2.38. The maximum atomic E-state index is 6.10. The third kappa shape index (κ3) is 1.14. The van der Waals surface area contributed by atoms with Crippen LogP contribution in [0.15, 0.2) is 82.4 Å². The van der Waals surface area contributed by atoms with Gasteiger partial charge in [-0.3, -0.25) is 0 Å². The van der Waals surface area contributed by atoms with Crippen molar-refractivity contribution in [2.45, 2.75) is 0 Å². The molecule has 2 radical (unpaired) electrons. The van der Waals surface area contributed by atoms with Gasteiger partial charge in [0.25, 0.3) is 0 Å². The summed E-state index contributed by atoms with van der Waals surface area (Å²) in [5.41, 5.74) is 6.39. The highest BCUT2D eigenvalue weighted by atomic mass is 14.4. The van der Waals surface area contributed by atoms with Gasteiger partial charge in [0.2, 0.25) is 0 Å². The molecule has 0 aromatic rings. The van der Waals surface area contributed by atoms with Crippen LogP contribution in [0.4, 0.5) is 0 Å². The van der Waals surface area contributed by atoms with Crippen LogP contribution in [-0.4, -0.2) is 7.85 Å². The van der Waals surface area contributed by atoms with Gasteiger partial charge in [-0.05, 0) is 22.3 Å². The Hall–Kier alpha value is -1.76. The van der Waals surface area contributed by atoms with Gasteiger partial charge < -0.3 is 0 Å². The van der Waals surface area contributed by atoms with E-state index >= 15 is 0 Å². The summed E-state index contributed by atoms with van der Waals surface area (Å²) in [7, 11) is 6.10. The molecule has 4 aliphatic carbocycles. The second-order valence-electron chi connectivity index (χ2n) is 4.89. The maximum absolute atomic E-state index is 6.10. The Balaban J connectivity index is 2.03. The first kappa shape index (κ1) is 9.29. The van der Waals surface area contributed by atoms with Crippen molar-refractivity contribution in [1.29, 1.82) is 0 Å². The van der Waals surface area contributed by atoms with Crippen LogP contribution in [0.2, 0.25) is 0 Å². The van der Waals surface area contributed by atoms with Gasteiger partial charge in [0.1, 0.15) is 7.85 Å². The predicted octanol–water partition coefficient (Wildman–Crippen LogP) is 3.14. The molecule has 0 aromatic heterocycles. The van der Waals surface area contributed by atoms with Crippen LogP contribution < -0.4 is 0 Å². The maximum Gasteiger partial charge on any atom is 0.114 e. The smallest absolute Gasteiger partial charge is 0.0929 e. The Morgan fingerprint density at radius 2 is 1.41 bits per heavy atom. The third-order valence-corrected chi connectivity index (χ3v) is 4.04. The second kappa shape index (κ2) is 3.13. The normalized spacial score (nSPS) is 31.9. The quantitative estimate of drug-likeness (QED) is 0.543. The molecule has 1 heteroatoms. The van der Waals surface area contributed by atoms with Crippen molar-refractivity contribution in [3.8, 4) is 0 Å². The van der Waals surface area contributed by atoms with E-state index in [1.165, 1.54) is 22.3 Å². The highest BCUT2D eigenvalue weighted by Crippen LogP contribution is 2.48. The topological polar surface area (TPSA) is 0 Å². The highest BCUT2D eigenvalue weighted by Gasteiger charge is 2.37. The van der Waals surface area contributed by atoms with Crippen molar-refractivity contribution in [2.24, 2.45) is 11.8 Å². The zero-order valence-electron chi connectivity index (χ0n) is 9.43. The molecule has 78 valence electrons. The summed E-state index contributed by atoms with van der Waals surface area (Å²) in [6.07, 6.45) is 19.6. The van der Waals surface area contributed by atoms with Crippen molar-refractivity contribution in [2.75, 3.05) is 0 Å². The Morgan fingerprint density at radius 1 is 0.706 bits per heavy atom. The third-order valence-electron chi connectivity index (χ3n) is 4.04. The summed E-state index contributed by atoms with van der Waals surface area (Å²) in [6.45, 7) is 0. The summed E-state index contributed by atoms with van der Waals surface area (Å²) >= 11 is 0. The minimum Gasteiger partial charge on any atom is -0.0929 e. The van der Waals surface area contributed by atoms with Gasteiger partial charge in [-0.2, -0.15) is 0 Å². The minimum atomic E-state index is 0.432. The van der Waals surface area contributed by atoms with E-state index in [0.29, 0.717) is 11.8 Å². The molecule has 0 nitrogen and oxygen atoms in total. The van der Waals surface area contributed by atoms with E-state index in [1.807, 2.05) is 6.08 Å². The zero-order chi connectivity index (χ0) is 11.4.